The highest BCUT2D eigenvalue weighted by atomic mass is 32.2. The zero-order chi connectivity index (χ0) is 22.8. The fourth-order valence-corrected chi connectivity index (χ4v) is 3.98. The molecule has 0 aliphatic heterocycles. The van der Waals surface area contributed by atoms with Crippen molar-refractivity contribution in [3.63, 3.8) is 0 Å². The van der Waals surface area contributed by atoms with Crippen molar-refractivity contribution in [1.82, 2.24) is 4.98 Å². The number of anilines is 3. The van der Waals surface area contributed by atoms with Crippen LogP contribution in [0.15, 0.2) is 64.9 Å². The van der Waals surface area contributed by atoms with Crippen LogP contribution in [0.5, 0.6) is 0 Å². The van der Waals surface area contributed by atoms with Gasteiger partial charge in [-0.05, 0) is 43.3 Å². The number of rotatable bonds is 9. The molecule has 0 aliphatic rings. The highest BCUT2D eigenvalue weighted by Crippen LogP contribution is 2.22. The number of amides is 3. The van der Waals surface area contributed by atoms with Gasteiger partial charge in [-0.1, -0.05) is 18.2 Å². The van der Waals surface area contributed by atoms with Gasteiger partial charge in [-0.3, -0.25) is 9.59 Å². The van der Waals surface area contributed by atoms with Gasteiger partial charge in [-0.15, -0.1) is 23.1 Å². The minimum absolute atomic E-state index is 0.0821. The number of hydrogen-bond acceptors (Lipinski definition) is 7. The van der Waals surface area contributed by atoms with E-state index in [1.54, 1.807) is 36.6 Å². The molecule has 0 saturated heterocycles. The number of para-hydroxylation sites is 1. The van der Waals surface area contributed by atoms with Gasteiger partial charge in [-0.25, -0.2) is 9.78 Å². The number of urea groups is 1. The smallest absolute Gasteiger partial charge is 0.323 e. The lowest BCUT2D eigenvalue weighted by atomic mass is 10.3. The Kier molecular flexibility index (Phi) is 8.64. The molecule has 3 aromatic rings. The molecule has 0 bridgehead atoms. The molecular weight excluding hydrogens is 448 g/mol. The summed E-state index contributed by atoms with van der Waals surface area (Å²) in [5, 5.41) is 10.4. The molecule has 1 heterocycles. The molecule has 0 saturated carbocycles. The Labute approximate surface area is 193 Å². The van der Waals surface area contributed by atoms with Crippen molar-refractivity contribution < 1.29 is 19.1 Å². The summed E-state index contributed by atoms with van der Waals surface area (Å²) in [7, 11) is 0. The molecule has 0 atom stereocenters. The van der Waals surface area contributed by atoms with Crippen LogP contribution < -0.4 is 16.0 Å². The Morgan fingerprint density at radius 3 is 2.34 bits per heavy atom. The summed E-state index contributed by atoms with van der Waals surface area (Å²) in [5.74, 6) is -0.341. The quantitative estimate of drug-likeness (QED) is 0.311. The first-order chi connectivity index (χ1) is 15.5. The van der Waals surface area contributed by atoms with Crippen LogP contribution in [0.4, 0.5) is 21.3 Å². The molecule has 10 heteroatoms. The summed E-state index contributed by atoms with van der Waals surface area (Å²) >= 11 is 2.63. The second kappa shape index (κ2) is 11.9. The Bertz CT molecular complexity index is 1060. The van der Waals surface area contributed by atoms with E-state index in [0.29, 0.717) is 28.8 Å². The number of nitrogens with one attached hydrogen (secondary N) is 3. The first-order valence-electron chi connectivity index (χ1n) is 9.77. The van der Waals surface area contributed by atoms with Gasteiger partial charge < -0.3 is 20.7 Å². The number of hydrogen-bond donors (Lipinski definition) is 3. The molecule has 0 spiro atoms. The van der Waals surface area contributed by atoms with Crippen molar-refractivity contribution in [2.45, 2.75) is 18.2 Å². The van der Waals surface area contributed by atoms with Crippen molar-refractivity contribution in [2.75, 3.05) is 28.3 Å². The summed E-state index contributed by atoms with van der Waals surface area (Å²) in [6.07, 6.45) is 0.0821. The SMILES string of the molecule is CCOC(=O)Cc1csc(NC(=O)CSc2ccc(NC(=O)Nc3ccccc3)cc2)n1. The molecule has 8 nitrogen and oxygen atoms in total. The fraction of sp³-hybridized carbons (Fsp3) is 0.182. The van der Waals surface area contributed by atoms with Gasteiger partial charge >= 0.3 is 12.0 Å². The highest BCUT2D eigenvalue weighted by molar-refractivity contribution is 8.00. The topological polar surface area (TPSA) is 109 Å². The zero-order valence-corrected chi connectivity index (χ0v) is 18.9. The minimum Gasteiger partial charge on any atom is -0.466 e. The van der Waals surface area contributed by atoms with Crippen LogP contribution in [-0.4, -0.2) is 35.3 Å². The molecular formula is C22H22N4O4S2. The molecule has 2 aromatic carbocycles. The van der Waals surface area contributed by atoms with E-state index in [9.17, 15) is 14.4 Å². The van der Waals surface area contributed by atoms with Crippen LogP contribution in [0, 0.1) is 0 Å². The largest absolute Gasteiger partial charge is 0.466 e. The Hall–Kier alpha value is -3.37. The van der Waals surface area contributed by atoms with Crippen molar-refractivity contribution in [3.05, 3.63) is 65.7 Å². The van der Waals surface area contributed by atoms with Crippen LogP contribution in [-0.2, 0) is 20.7 Å². The molecule has 166 valence electrons. The fourth-order valence-electron chi connectivity index (χ4n) is 2.56. The number of carbonyl (C=O) groups excluding carboxylic acids is 3. The summed E-state index contributed by atoms with van der Waals surface area (Å²) in [6.45, 7) is 2.07. The number of aromatic nitrogens is 1. The van der Waals surface area contributed by atoms with E-state index in [1.165, 1.54) is 23.1 Å². The molecule has 0 unspecified atom stereocenters. The van der Waals surface area contributed by atoms with Crippen LogP contribution in [0.1, 0.15) is 12.6 Å². The van der Waals surface area contributed by atoms with Crippen LogP contribution in [0.2, 0.25) is 0 Å². The minimum atomic E-state index is -0.346. The molecule has 3 N–H and O–H groups in total. The predicted octanol–water partition coefficient (Wildman–Crippen LogP) is 4.62. The molecule has 3 amide bonds. The number of ether oxygens (including phenoxy) is 1. The average Bonchev–Trinajstić information content (AvgIpc) is 3.20. The maximum absolute atomic E-state index is 12.2. The van der Waals surface area contributed by atoms with Gasteiger partial charge in [0.25, 0.3) is 0 Å². The first kappa shape index (κ1) is 23.3. The summed E-state index contributed by atoms with van der Waals surface area (Å²) in [4.78, 5) is 40.8. The van der Waals surface area contributed by atoms with Crippen molar-refractivity contribution in [1.29, 1.82) is 0 Å². The lowest BCUT2D eigenvalue weighted by Crippen LogP contribution is -2.19. The summed E-state index contributed by atoms with van der Waals surface area (Å²) in [5.41, 5.74) is 1.91. The van der Waals surface area contributed by atoms with Gasteiger partial charge in [-0.2, -0.15) is 0 Å². The number of thiazole rings is 1. The van der Waals surface area contributed by atoms with Crippen molar-refractivity contribution >= 4 is 57.5 Å². The van der Waals surface area contributed by atoms with Crippen LogP contribution in [0.3, 0.4) is 0 Å². The molecule has 3 rings (SSSR count). The second-order valence-corrected chi connectivity index (χ2v) is 8.34. The number of benzene rings is 2. The molecule has 1 aromatic heterocycles. The third kappa shape index (κ3) is 7.71. The van der Waals surface area contributed by atoms with E-state index in [1.807, 2.05) is 30.3 Å². The van der Waals surface area contributed by atoms with E-state index in [0.717, 1.165) is 4.90 Å². The summed E-state index contributed by atoms with van der Waals surface area (Å²) < 4.78 is 4.89. The van der Waals surface area contributed by atoms with E-state index >= 15 is 0 Å². The standard InChI is InChI=1S/C22H22N4O4S2/c1-2-30-20(28)12-17-13-32-22(25-17)26-19(27)14-31-18-10-8-16(9-11-18)24-21(29)23-15-6-4-3-5-7-15/h3-11,13H,2,12,14H2,1H3,(H2,23,24,29)(H,25,26,27). The molecule has 0 aliphatic carbocycles. The first-order valence-corrected chi connectivity index (χ1v) is 11.6. The third-order valence-electron chi connectivity index (χ3n) is 3.94. The van der Waals surface area contributed by atoms with Gasteiger partial charge in [0.15, 0.2) is 5.13 Å². The number of esters is 1. The van der Waals surface area contributed by atoms with Gasteiger partial charge in [0.1, 0.15) is 0 Å². The van der Waals surface area contributed by atoms with Gasteiger partial charge in [0.05, 0.1) is 24.5 Å². The zero-order valence-electron chi connectivity index (χ0n) is 17.3. The Morgan fingerprint density at radius 1 is 0.969 bits per heavy atom. The summed E-state index contributed by atoms with van der Waals surface area (Å²) in [6, 6.07) is 16.0. The third-order valence-corrected chi connectivity index (χ3v) is 5.76. The Balaban J connectivity index is 1.42. The van der Waals surface area contributed by atoms with Crippen molar-refractivity contribution in [2.24, 2.45) is 0 Å². The Morgan fingerprint density at radius 2 is 1.66 bits per heavy atom. The monoisotopic (exact) mass is 470 g/mol. The average molecular weight is 471 g/mol. The van der Waals surface area contributed by atoms with Crippen LogP contribution >= 0.6 is 23.1 Å². The molecule has 0 radical (unpaired) electrons. The maximum Gasteiger partial charge on any atom is 0.323 e. The van der Waals surface area contributed by atoms with E-state index in [4.69, 9.17) is 4.74 Å². The van der Waals surface area contributed by atoms with Crippen LogP contribution in [0.25, 0.3) is 0 Å². The second-order valence-electron chi connectivity index (χ2n) is 6.43. The highest BCUT2D eigenvalue weighted by Gasteiger charge is 2.11. The maximum atomic E-state index is 12.2. The number of carbonyl (C=O) groups is 3. The lowest BCUT2D eigenvalue weighted by molar-refractivity contribution is -0.142. The molecule has 32 heavy (non-hydrogen) atoms. The van der Waals surface area contributed by atoms with Gasteiger partial charge in [0.2, 0.25) is 5.91 Å². The number of thioether (sulfide) groups is 1. The van der Waals surface area contributed by atoms with Crippen molar-refractivity contribution in [3.8, 4) is 0 Å². The lowest BCUT2D eigenvalue weighted by Gasteiger charge is -2.08. The number of nitrogens with zero attached hydrogens (tertiary/aromatic N) is 1. The van der Waals surface area contributed by atoms with E-state index in [2.05, 4.69) is 20.9 Å². The predicted molar refractivity (Wildman–Crippen MR) is 127 cm³/mol. The molecule has 0 fully saturated rings. The van der Waals surface area contributed by atoms with E-state index < -0.39 is 0 Å². The normalized spacial score (nSPS) is 10.3. The van der Waals surface area contributed by atoms with Gasteiger partial charge in [0, 0.05) is 21.7 Å². The van der Waals surface area contributed by atoms with E-state index in [-0.39, 0.29) is 30.1 Å².